The lowest BCUT2D eigenvalue weighted by Crippen LogP contribution is -2.51. The number of hydrogen-bond donors (Lipinski definition) is 0. The second kappa shape index (κ2) is 9.01. The predicted molar refractivity (Wildman–Crippen MR) is 116 cm³/mol. The molecule has 0 aromatic heterocycles. The van der Waals surface area contributed by atoms with Crippen molar-refractivity contribution in [1.82, 2.24) is 9.80 Å². The lowest BCUT2D eigenvalue weighted by atomic mass is 10.0. The summed E-state index contributed by atoms with van der Waals surface area (Å²) in [6, 6.07) is 4.67. The van der Waals surface area contributed by atoms with E-state index in [1.165, 1.54) is 24.0 Å². The van der Waals surface area contributed by atoms with E-state index in [4.69, 9.17) is 4.74 Å². The van der Waals surface area contributed by atoms with Gasteiger partial charge in [0.1, 0.15) is 6.04 Å². The number of hydrogen-bond acceptors (Lipinski definition) is 7. The summed E-state index contributed by atoms with van der Waals surface area (Å²) in [5.74, 6) is -3.06. The summed E-state index contributed by atoms with van der Waals surface area (Å²) in [4.78, 5) is 53.9. The van der Waals surface area contributed by atoms with E-state index in [2.05, 4.69) is 0 Å². The Hall–Kier alpha value is -2.75. The molecule has 0 radical (unpaired) electrons. The first-order chi connectivity index (χ1) is 15.0. The Bertz CT molecular complexity index is 1020. The summed E-state index contributed by atoms with van der Waals surface area (Å²) >= 11 is 0. The minimum Gasteiger partial charge on any atom is -0.451 e. The van der Waals surface area contributed by atoms with Crippen LogP contribution in [0.5, 0.6) is 0 Å². The Morgan fingerprint density at radius 2 is 1.69 bits per heavy atom. The van der Waals surface area contributed by atoms with E-state index < -0.39 is 57.6 Å². The molecule has 3 atom stereocenters. The van der Waals surface area contributed by atoms with Gasteiger partial charge in [-0.2, -0.15) is 0 Å². The zero-order valence-electron chi connectivity index (χ0n) is 18.6. The minimum absolute atomic E-state index is 0.0186. The molecule has 0 unspecified atom stereocenters. The van der Waals surface area contributed by atoms with Gasteiger partial charge in [0, 0.05) is 12.6 Å². The number of carbonyl (C=O) groups excluding carboxylic acids is 4. The standard InChI is InChI=1S/C22H28N2O7S/c1-5-23(15-10-11-32(29,30)12-15)19(25)14(4)31-22(28)18(13(2)3)24-20(26)16-8-6-7-9-17(16)21(24)27/h6-9,13-15,18H,5,10-12H2,1-4H3/t14-,15-,18-/m0/s1. The zero-order chi connectivity index (χ0) is 23.8. The molecule has 0 N–H and O–H groups in total. The molecule has 0 saturated carbocycles. The second-order valence-corrected chi connectivity index (χ2v) is 10.7. The molecular weight excluding hydrogens is 436 g/mol. The smallest absolute Gasteiger partial charge is 0.330 e. The Morgan fingerprint density at radius 3 is 2.12 bits per heavy atom. The van der Waals surface area contributed by atoms with Gasteiger partial charge in [-0.15, -0.1) is 0 Å². The highest BCUT2D eigenvalue weighted by Crippen LogP contribution is 2.28. The fraction of sp³-hybridized carbons (Fsp3) is 0.545. The van der Waals surface area contributed by atoms with Crippen molar-refractivity contribution in [3.8, 4) is 0 Å². The highest BCUT2D eigenvalue weighted by molar-refractivity contribution is 7.91. The molecule has 3 rings (SSSR count). The van der Waals surface area contributed by atoms with E-state index in [-0.39, 0.29) is 29.2 Å². The first kappa shape index (κ1) is 23.9. The van der Waals surface area contributed by atoms with Crippen LogP contribution in [0, 0.1) is 5.92 Å². The van der Waals surface area contributed by atoms with Crippen LogP contribution in [-0.4, -0.2) is 78.1 Å². The Labute approximate surface area is 187 Å². The molecule has 0 bridgehead atoms. The maximum Gasteiger partial charge on any atom is 0.330 e. The van der Waals surface area contributed by atoms with Gasteiger partial charge in [-0.05, 0) is 38.3 Å². The number of ether oxygens (including phenoxy) is 1. The third kappa shape index (κ3) is 4.41. The summed E-state index contributed by atoms with van der Waals surface area (Å²) in [5.41, 5.74) is 0.444. The number of carbonyl (C=O) groups is 4. The highest BCUT2D eigenvalue weighted by atomic mass is 32.2. The van der Waals surface area contributed by atoms with Gasteiger partial charge in [0.15, 0.2) is 15.9 Å². The lowest BCUT2D eigenvalue weighted by Gasteiger charge is -2.31. The van der Waals surface area contributed by atoms with Crippen LogP contribution in [0.25, 0.3) is 0 Å². The Kier molecular flexibility index (Phi) is 6.73. The normalized spacial score (nSPS) is 21.4. The molecule has 1 fully saturated rings. The molecule has 2 aliphatic rings. The van der Waals surface area contributed by atoms with Crippen LogP contribution in [0.3, 0.4) is 0 Å². The van der Waals surface area contributed by atoms with Crippen LogP contribution < -0.4 is 0 Å². The maximum absolute atomic E-state index is 13.0. The van der Waals surface area contributed by atoms with Crippen LogP contribution in [0.1, 0.15) is 54.8 Å². The van der Waals surface area contributed by atoms with Crippen molar-refractivity contribution in [3.05, 3.63) is 35.4 Å². The minimum atomic E-state index is -3.19. The number of amides is 3. The van der Waals surface area contributed by atoms with Crippen molar-refractivity contribution in [2.75, 3.05) is 18.1 Å². The van der Waals surface area contributed by atoms with Gasteiger partial charge in [0.2, 0.25) is 0 Å². The summed E-state index contributed by atoms with van der Waals surface area (Å²) in [5, 5.41) is 0. The molecular formula is C22H28N2O7S. The van der Waals surface area contributed by atoms with Crippen LogP contribution in [0.15, 0.2) is 24.3 Å². The van der Waals surface area contributed by atoms with Crippen LogP contribution in [0.2, 0.25) is 0 Å². The van der Waals surface area contributed by atoms with Gasteiger partial charge in [0.05, 0.1) is 22.6 Å². The molecule has 32 heavy (non-hydrogen) atoms. The van der Waals surface area contributed by atoms with Gasteiger partial charge >= 0.3 is 5.97 Å². The number of rotatable bonds is 7. The molecule has 174 valence electrons. The summed E-state index contributed by atoms with van der Waals surface area (Å²) in [6.07, 6.45) is -0.853. The predicted octanol–water partition coefficient (Wildman–Crippen LogP) is 1.27. The molecule has 0 aliphatic carbocycles. The number of likely N-dealkylation sites (N-methyl/N-ethyl adjacent to an activating group) is 1. The van der Waals surface area contributed by atoms with Crippen molar-refractivity contribution in [2.45, 2.75) is 52.3 Å². The van der Waals surface area contributed by atoms with Crippen molar-refractivity contribution < 1.29 is 32.3 Å². The van der Waals surface area contributed by atoms with Gasteiger partial charge in [0.25, 0.3) is 17.7 Å². The van der Waals surface area contributed by atoms with Crippen molar-refractivity contribution in [3.63, 3.8) is 0 Å². The summed E-state index contributed by atoms with van der Waals surface area (Å²) in [6.45, 7) is 6.78. The fourth-order valence-electron chi connectivity index (χ4n) is 4.28. The fourth-order valence-corrected chi connectivity index (χ4v) is 6.01. The molecule has 1 aromatic rings. The molecule has 9 nitrogen and oxygen atoms in total. The summed E-state index contributed by atoms with van der Waals surface area (Å²) in [7, 11) is -3.19. The average molecular weight is 465 g/mol. The van der Waals surface area contributed by atoms with Crippen molar-refractivity contribution >= 4 is 33.5 Å². The van der Waals surface area contributed by atoms with Crippen LogP contribution in [0.4, 0.5) is 0 Å². The number of nitrogens with zero attached hydrogens (tertiary/aromatic N) is 2. The van der Waals surface area contributed by atoms with E-state index in [0.29, 0.717) is 6.42 Å². The topological polar surface area (TPSA) is 118 Å². The third-order valence-electron chi connectivity index (χ3n) is 5.89. The second-order valence-electron chi connectivity index (χ2n) is 8.47. The largest absolute Gasteiger partial charge is 0.451 e. The van der Waals surface area contributed by atoms with E-state index in [1.54, 1.807) is 32.9 Å². The number of fused-ring (bicyclic) bond motifs is 1. The zero-order valence-corrected chi connectivity index (χ0v) is 19.4. The van der Waals surface area contributed by atoms with Crippen LogP contribution in [-0.2, 0) is 24.2 Å². The number of sulfone groups is 1. The van der Waals surface area contributed by atoms with Gasteiger partial charge < -0.3 is 9.64 Å². The van der Waals surface area contributed by atoms with Gasteiger partial charge in [-0.1, -0.05) is 26.0 Å². The molecule has 1 saturated heterocycles. The first-order valence-corrected chi connectivity index (χ1v) is 12.5. The van der Waals surface area contributed by atoms with Crippen molar-refractivity contribution in [1.29, 1.82) is 0 Å². The molecule has 1 aromatic carbocycles. The average Bonchev–Trinajstić information content (AvgIpc) is 3.20. The number of benzene rings is 1. The number of esters is 1. The molecule has 10 heteroatoms. The SMILES string of the molecule is CCN(C(=O)[C@H](C)OC(=O)[C@H](C(C)C)N1C(=O)c2ccccc2C1=O)[C@H]1CCS(=O)(=O)C1. The lowest BCUT2D eigenvalue weighted by molar-refractivity contribution is -0.164. The molecule has 0 spiro atoms. The van der Waals surface area contributed by atoms with E-state index in [0.717, 1.165) is 4.90 Å². The van der Waals surface area contributed by atoms with Crippen molar-refractivity contribution in [2.24, 2.45) is 5.92 Å². The van der Waals surface area contributed by atoms with Gasteiger partial charge in [-0.25, -0.2) is 13.2 Å². The Morgan fingerprint density at radius 1 is 1.12 bits per heavy atom. The van der Waals surface area contributed by atoms with E-state index in [9.17, 15) is 27.6 Å². The van der Waals surface area contributed by atoms with E-state index >= 15 is 0 Å². The maximum atomic E-state index is 13.0. The van der Waals surface area contributed by atoms with Crippen LogP contribution >= 0.6 is 0 Å². The highest BCUT2D eigenvalue weighted by Gasteiger charge is 2.45. The first-order valence-electron chi connectivity index (χ1n) is 10.7. The summed E-state index contributed by atoms with van der Waals surface area (Å²) < 4.78 is 29.0. The number of imide groups is 1. The Balaban J connectivity index is 1.76. The van der Waals surface area contributed by atoms with Gasteiger partial charge in [-0.3, -0.25) is 19.3 Å². The quantitative estimate of drug-likeness (QED) is 0.440. The molecule has 2 heterocycles. The third-order valence-corrected chi connectivity index (χ3v) is 7.64. The monoisotopic (exact) mass is 464 g/mol. The van der Waals surface area contributed by atoms with E-state index in [1.807, 2.05) is 0 Å². The molecule has 2 aliphatic heterocycles. The molecule has 3 amide bonds.